The highest BCUT2D eigenvalue weighted by Gasteiger charge is 2.45. The zero-order valence-corrected chi connectivity index (χ0v) is 17.1. The summed E-state index contributed by atoms with van der Waals surface area (Å²) in [5.41, 5.74) is 5.93. The number of amides is 1. The lowest BCUT2D eigenvalue weighted by Crippen LogP contribution is -2.47. The summed E-state index contributed by atoms with van der Waals surface area (Å²) < 4.78 is 10.7. The molecule has 0 radical (unpaired) electrons. The lowest BCUT2D eigenvalue weighted by molar-refractivity contribution is -0.112. The molecule has 0 saturated heterocycles. The van der Waals surface area contributed by atoms with Crippen molar-refractivity contribution in [3.05, 3.63) is 53.1 Å². The molecule has 5 nitrogen and oxygen atoms in total. The Balaban J connectivity index is 1.92. The smallest absolute Gasteiger partial charge is 0.278 e. The van der Waals surface area contributed by atoms with Gasteiger partial charge in [-0.1, -0.05) is 6.08 Å². The minimum Gasteiger partial charge on any atom is -0.493 e. The molecule has 0 fully saturated rings. The average Bonchev–Trinajstić information content (AvgIpc) is 2.92. The van der Waals surface area contributed by atoms with Crippen molar-refractivity contribution in [3.63, 3.8) is 0 Å². The van der Waals surface area contributed by atoms with Gasteiger partial charge in [0.15, 0.2) is 11.5 Å². The summed E-state index contributed by atoms with van der Waals surface area (Å²) in [5.74, 6) is 1.13. The lowest BCUT2D eigenvalue weighted by Gasteiger charge is -2.38. The zero-order chi connectivity index (χ0) is 20.2. The van der Waals surface area contributed by atoms with Crippen molar-refractivity contribution in [2.24, 2.45) is 4.99 Å². The largest absolute Gasteiger partial charge is 0.493 e. The predicted molar refractivity (Wildman–Crippen MR) is 112 cm³/mol. The van der Waals surface area contributed by atoms with E-state index in [2.05, 4.69) is 32.9 Å². The van der Waals surface area contributed by atoms with Crippen LogP contribution in [0.25, 0.3) is 5.57 Å². The number of carbonyl (C=O) groups excluding carboxylic acids is 1. The van der Waals surface area contributed by atoms with Crippen LogP contribution in [0.15, 0.2) is 41.4 Å². The Bertz CT molecular complexity index is 1060. The fourth-order valence-electron chi connectivity index (χ4n) is 4.18. The van der Waals surface area contributed by atoms with Crippen LogP contribution in [0, 0.1) is 6.92 Å². The van der Waals surface area contributed by atoms with Gasteiger partial charge < -0.3 is 9.47 Å². The maximum absolute atomic E-state index is 13.4. The molecule has 2 heterocycles. The molecule has 0 N–H and O–H groups in total. The first-order chi connectivity index (χ1) is 13.3. The Hall–Kier alpha value is -3.08. The summed E-state index contributed by atoms with van der Waals surface area (Å²) in [5, 5.41) is 0. The van der Waals surface area contributed by atoms with Crippen LogP contribution in [0.5, 0.6) is 11.5 Å². The number of aliphatic imine (C=N–C) groups is 1. The number of anilines is 1. The van der Waals surface area contributed by atoms with Crippen molar-refractivity contribution in [2.75, 3.05) is 19.1 Å². The van der Waals surface area contributed by atoms with Crippen LogP contribution >= 0.6 is 0 Å². The number of allylic oxidation sites excluding steroid dienone is 1. The van der Waals surface area contributed by atoms with E-state index in [1.807, 2.05) is 24.0 Å². The van der Waals surface area contributed by atoms with E-state index in [1.165, 1.54) is 5.57 Å². The molecular formula is C23H24N2O3. The van der Waals surface area contributed by atoms with Crippen molar-refractivity contribution >= 4 is 28.6 Å². The molecule has 2 aromatic rings. The molecule has 5 heteroatoms. The van der Waals surface area contributed by atoms with E-state index in [-0.39, 0.29) is 5.91 Å². The second-order valence-electron chi connectivity index (χ2n) is 7.83. The topological polar surface area (TPSA) is 51.1 Å². The first-order valence-corrected chi connectivity index (χ1v) is 9.27. The Morgan fingerprint density at radius 2 is 1.64 bits per heavy atom. The number of hydrogen-bond acceptors (Lipinski definition) is 4. The minimum absolute atomic E-state index is 0.0783. The molecule has 28 heavy (non-hydrogen) atoms. The van der Waals surface area contributed by atoms with Crippen molar-refractivity contribution in [1.82, 2.24) is 0 Å². The first-order valence-electron chi connectivity index (χ1n) is 9.27. The Morgan fingerprint density at radius 1 is 0.964 bits per heavy atom. The van der Waals surface area contributed by atoms with Crippen LogP contribution < -0.4 is 14.4 Å². The van der Waals surface area contributed by atoms with Crippen molar-refractivity contribution in [3.8, 4) is 11.5 Å². The SMILES string of the molecule is COc1ccc(N=C2C(=O)N3c4c(cc(C)cc42)C(C)=CC3(C)C)cc1OC. The number of benzene rings is 2. The fourth-order valence-corrected chi connectivity index (χ4v) is 4.18. The second-order valence-corrected chi connectivity index (χ2v) is 7.83. The molecule has 1 amide bonds. The van der Waals surface area contributed by atoms with E-state index in [0.717, 1.165) is 22.4 Å². The highest BCUT2D eigenvalue weighted by atomic mass is 16.5. The van der Waals surface area contributed by atoms with Gasteiger partial charge in [0.05, 0.1) is 31.1 Å². The van der Waals surface area contributed by atoms with E-state index < -0.39 is 5.54 Å². The van der Waals surface area contributed by atoms with E-state index >= 15 is 0 Å². The van der Waals surface area contributed by atoms with Gasteiger partial charge in [-0.05, 0) is 63.1 Å². The molecule has 0 aliphatic carbocycles. The number of aryl methyl sites for hydroxylation is 1. The number of methoxy groups -OCH3 is 2. The van der Waals surface area contributed by atoms with Gasteiger partial charge in [-0.3, -0.25) is 9.69 Å². The van der Waals surface area contributed by atoms with Gasteiger partial charge in [0, 0.05) is 17.2 Å². The van der Waals surface area contributed by atoms with Gasteiger partial charge in [-0.15, -0.1) is 0 Å². The van der Waals surface area contributed by atoms with E-state index in [0.29, 0.717) is 22.9 Å². The van der Waals surface area contributed by atoms with Crippen LogP contribution in [0.1, 0.15) is 37.5 Å². The maximum Gasteiger partial charge on any atom is 0.278 e. The van der Waals surface area contributed by atoms with Crippen LogP contribution in [-0.2, 0) is 4.79 Å². The molecule has 2 aliphatic rings. The van der Waals surface area contributed by atoms with Crippen molar-refractivity contribution in [1.29, 1.82) is 0 Å². The Labute approximate surface area is 165 Å². The highest BCUT2D eigenvalue weighted by molar-refractivity contribution is 6.55. The summed E-state index contributed by atoms with van der Waals surface area (Å²) in [7, 11) is 3.18. The molecule has 2 aliphatic heterocycles. The van der Waals surface area contributed by atoms with Crippen LogP contribution in [0.2, 0.25) is 0 Å². The van der Waals surface area contributed by atoms with Gasteiger partial charge in [-0.25, -0.2) is 4.99 Å². The molecule has 4 rings (SSSR count). The van der Waals surface area contributed by atoms with E-state index in [1.54, 1.807) is 26.4 Å². The molecule has 144 valence electrons. The van der Waals surface area contributed by atoms with Crippen LogP contribution in [0.4, 0.5) is 11.4 Å². The molecule has 0 bridgehead atoms. The summed E-state index contributed by atoms with van der Waals surface area (Å²) in [6, 6.07) is 9.59. The van der Waals surface area contributed by atoms with Crippen molar-refractivity contribution < 1.29 is 14.3 Å². The molecule has 2 aromatic carbocycles. The van der Waals surface area contributed by atoms with Crippen molar-refractivity contribution in [2.45, 2.75) is 33.2 Å². The molecular weight excluding hydrogens is 352 g/mol. The second kappa shape index (κ2) is 6.23. The number of ether oxygens (including phenoxy) is 2. The van der Waals surface area contributed by atoms with Gasteiger partial charge in [-0.2, -0.15) is 0 Å². The third kappa shape index (κ3) is 2.61. The number of nitrogens with zero attached hydrogens (tertiary/aromatic N) is 2. The predicted octanol–water partition coefficient (Wildman–Crippen LogP) is 4.68. The average molecular weight is 376 g/mol. The molecule has 0 aromatic heterocycles. The van der Waals surface area contributed by atoms with Gasteiger partial charge in [0.1, 0.15) is 5.71 Å². The van der Waals surface area contributed by atoms with Crippen LogP contribution in [-0.4, -0.2) is 31.4 Å². The molecule has 0 saturated carbocycles. The third-order valence-electron chi connectivity index (χ3n) is 5.32. The number of carbonyl (C=O) groups is 1. The summed E-state index contributed by atoms with van der Waals surface area (Å²) in [4.78, 5) is 20.0. The Morgan fingerprint density at radius 3 is 2.32 bits per heavy atom. The monoisotopic (exact) mass is 376 g/mol. The number of hydrogen-bond donors (Lipinski definition) is 0. The maximum atomic E-state index is 13.4. The quantitative estimate of drug-likeness (QED) is 0.782. The highest BCUT2D eigenvalue weighted by Crippen LogP contribution is 2.46. The Kier molecular flexibility index (Phi) is 4.07. The normalized spacial score (nSPS) is 18.2. The summed E-state index contributed by atoms with van der Waals surface area (Å²) in [6.07, 6.45) is 2.15. The first kappa shape index (κ1) is 18.3. The zero-order valence-electron chi connectivity index (χ0n) is 17.1. The molecule has 0 unspecified atom stereocenters. The minimum atomic E-state index is -0.410. The third-order valence-corrected chi connectivity index (χ3v) is 5.32. The lowest BCUT2D eigenvalue weighted by atomic mass is 9.88. The van der Waals surface area contributed by atoms with E-state index in [4.69, 9.17) is 14.5 Å². The summed E-state index contributed by atoms with van der Waals surface area (Å²) in [6.45, 7) is 8.26. The van der Waals surface area contributed by atoms with Gasteiger partial charge in [0.2, 0.25) is 0 Å². The summed E-state index contributed by atoms with van der Waals surface area (Å²) >= 11 is 0. The fraction of sp³-hybridized carbons (Fsp3) is 0.304. The number of rotatable bonds is 3. The van der Waals surface area contributed by atoms with Gasteiger partial charge in [0.25, 0.3) is 5.91 Å². The molecule has 0 spiro atoms. The van der Waals surface area contributed by atoms with Gasteiger partial charge >= 0.3 is 0 Å². The molecule has 0 atom stereocenters. The van der Waals surface area contributed by atoms with Crippen LogP contribution in [0.3, 0.4) is 0 Å². The standard InChI is InChI=1S/C23H24N2O3/c1-13-9-16-14(2)12-23(3,4)25-21(16)17(10-13)20(22(25)26)24-15-7-8-18(27-5)19(11-15)28-6/h7-12H,1-6H3. The van der Waals surface area contributed by atoms with E-state index in [9.17, 15) is 4.79 Å².